The molecule has 0 amide bonds. The fourth-order valence-electron chi connectivity index (χ4n) is 3.44. The Morgan fingerprint density at radius 1 is 0.957 bits per heavy atom. The van der Waals surface area contributed by atoms with E-state index < -0.39 is 9.84 Å². The normalized spacial score (nSPS) is 13.6. The fraction of sp³-hybridized carbons (Fsp3) is 0.211. The molecule has 0 fully saturated rings. The molecule has 116 valence electrons. The molecule has 1 aliphatic rings. The first-order valence-electron chi connectivity index (χ1n) is 7.73. The van der Waals surface area contributed by atoms with E-state index in [9.17, 15) is 8.42 Å². The molecule has 0 spiro atoms. The Hall–Kier alpha value is -2.20. The van der Waals surface area contributed by atoms with Crippen LogP contribution in [0.4, 0.5) is 0 Å². The van der Waals surface area contributed by atoms with Gasteiger partial charge in [-0.3, -0.25) is 4.98 Å². The highest BCUT2D eigenvalue weighted by atomic mass is 32.2. The SMILES string of the molecule is Cc1cccc(CS(=O)(=O)c2ccc3c4c(cccc24)CC3)n1. The van der Waals surface area contributed by atoms with E-state index in [-0.39, 0.29) is 5.75 Å². The van der Waals surface area contributed by atoms with Gasteiger partial charge < -0.3 is 0 Å². The zero-order chi connectivity index (χ0) is 16.0. The average Bonchev–Trinajstić information content (AvgIpc) is 2.92. The number of sulfone groups is 1. The number of hydrogen-bond donors (Lipinski definition) is 0. The van der Waals surface area contributed by atoms with E-state index in [2.05, 4.69) is 11.1 Å². The fourth-order valence-corrected chi connectivity index (χ4v) is 4.93. The van der Waals surface area contributed by atoms with Gasteiger partial charge in [0, 0.05) is 11.1 Å². The predicted octanol–water partition coefficient (Wildman–Crippen LogP) is 3.62. The molecule has 0 bridgehead atoms. The smallest absolute Gasteiger partial charge is 0.184 e. The topological polar surface area (TPSA) is 47.0 Å². The molecule has 0 radical (unpaired) electrons. The molecule has 23 heavy (non-hydrogen) atoms. The van der Waals surface area contributed by atoms with E-state index in [1.807, 2.05) is 37.3 Å². The highest BCUT2D eigenvalue weighted by molar-refractivity contribution is 7.90. The minimum absolute atomic E-state index is 0.0621. The maximum Gasteiger partial charge on any atom is 0.184 e. The lowest BCUT2D eigenvalue weighted by Gasteiger charge is -2.10. The molecule has 1 heterocycles. The Bertz CT molecular complexity index is 1010. The van der Waals surface area contributed by atoms with Crippen LogP contribution in [0, 0.1) is 6.92 Å². The summed E-state index contributed by atoms with van der Waals surface area (Å²) in [6, 6.07) is 15.2. The number of aromatic nitrogens is 1. The van der Waals surface area contributed by atoms with E-state index in [0.29, 0.717) is 10.6 Å². The van der Waals surface area contributed by atoms with E-state index in [1.54, 1.807) is 12.1 Å². The van der Waals surface area contributed by atoms with E-state index in [0.717, 1.165) is 29.3 Å². The van der Waals surface area contributed by atoms with Crippen LogP contribution in [0.15, 0.2) is 53.4 Å². The van der Waals surface area contributed by atoms with Crippen LogP contribution < -0.4 is 0 Å². The van der Waals surface area contributed by atoms with Crippen molar-refractivity contribution in [3.63, 3.8) is 0 Å². The molecule has 0 unspecified atom stereocenters. The minimum Gasteiger partial charge on any atom is -0.257 e. The van der Waals surface area contributed by atoms with Crippen molar-refractivity contribution in [3.8, 4) is 0 Å². The Balaban J connectivity index is 1.86. The summed E-state index contributed by atoms with van der Waals surface area (Å²) in [4.78, 5) is 4.75. The largest absolute Gasteiger partial charge is 0.257 e. The molecule has 0 atom stereocenters. The first kappa shape index (κ1) is 14.4. The van der Waals surface area contributed by atoms with E-state index in [4.69, 9.17) is 0 Å². The van der Waals surface area contributed by atoms with Crippen molar-refractivity contribution >= 4 is 20.6 Å². The van der Waals surface area contributed by atoms with Crippen molar-refractivity contribution in [1.29, 1.82) is 0 Å². The third-order valence-corrected chi connectivity index (χ3v) is 6.16. The highest BCUT2D eigenvalue weighted by Crippen LogP contribution is 2.35. The predicted molar refractivity (Wildman–Crippen MR) is 91.2 cm³/mol. The Morgan fingerprint density at radius 3 is 2.48 bits per heavy atom. The van der Waals surface area contributed by atoms with Crippen LogP contribution in [0.1, 0.15) is 22.5 Å². The van der Waals surface area contributed by atoms with Gasteiger partial charge in [0.2, 0.25) is 0 Å². The Kier molecular flexibility index (Phi) is 3.23. The standard InChI is InChI=1S/C19H17NO2S/c1-13-4-2-6-16(20-13)12-23(21,22)18-11-10-15-9-8-14-5-3-7-17(18)19(14)15/h2-7,10-11H,8-9,12H2,1H3. The summed E-state index contributed by atoms with van der Waals surface area (Å²) < 4.78 is 25.9. The lowest BCUT2D eigenvalue weighted by molar-refractivity contribution is 0.595. The molecule has 3 nitrogen and oxygen atoms in total. The van der Waals surface area contributed by atoms with Crippen molar-refractivity contribution in [3.05, 3.63) is 71.0 Å². The van der Waals surface area contributed by atoms with Gasteiger partial charge in [-0.2, -0.15) is 0 Å². The van der Waals surface area contributed by atoms with Gasteiger partial charge >= 0.3 is 0 Å². The average molecular weight is 323 g/mol. The molecule has 0 N–H and O–H groups in total. The van der Waals surface area contributed by atoms with Crippen LogP contribution in [0.5, 0.6) is 0 Å². The van der Waals surface area contributed by atoms with Gasteiger partial charge in [0.15, 0.2) is 9.84 Å². The quantitative estimate of drug-likeness (QED) is 0.739. The summed E-state index contributed by atoms with van der Waals surface area (Å²) in [6.07, 6.45) is 1.99. The van der Waals surface area contributed by atoms with Gasteiger partial charge in [0.05, 0.1) is 16.3 Å². The molecule has 0 saturated carbocycles. The summed E-state index contributed by atoms with van der Waals surface area (Å²) in [5.74, 6) is -0.0621. The molecule has 4 heteroatoms. The third-order valence-electron chi connectivity index (χ3n) is 4.46. The van der Waals surface area contributed by atoms with Crippen LogP contribution in [0.3, 0.4) is 0 Å². The molecular formula is C19H17NO2S. The van der Waals surface area contributed by atoms with Crippen molar-refractivity contribution in [1.82, 2.24) is 4.98 Å². The summed E-state index contributed by atoms with van der Waals surface area (Å²) in [5, 5.41) is 1.98. The molecule has 1 aromatic heterocycles. The Labute approximate surface area is 135 Å². The van der Waals surface area contributed by atoms with Gasteiger partial charge in [0.25, 0.3) is 0 Å². The molecule has 2 aromatic carbocycles. The summed E-state index contributed by atoms with van der Waals surface area (Å²) in [7, 11) is -3.42. The third kappa shape index (κ3) is 2.43. The summed E-state index contributed by atoms with van der Waals surface area (Å²) in [5.41, 5.74) is 3.93. The van der Waals surface area contributed by atoms with Gasteiger partial charge in [-0.05, 0) is 54.5 Å². The molecule has 4 rings (SSSR count). The lowest BCUT2D eigenvalue weighted by atomic mass is 10.1. The number of nitrogens with zero attached hydrogens (tertiary/aromatic N) is 1. The summed E-state index contributed by atoms with van der Waals surface area (Å²) >= 11 is 0. The van der Waals surface area contributed by atoms with Crippen LogP contribution in [0.25, 0.3) is 10.8 Å². The second-order valence-electron chi connectivity index (χ2n) is 6.09. The molecule has 3 aromatic rings. The molecular weight excluding hydrogens is 306 g/mol. The van der Waals surface area contributed by atoms with Gasteiger partial charge in [0.1, 0.15) is 0 Å². The number of aryl methyl sites for hydroxylation is 3. The van der Waals surface area contributed by atoms with Crippen LogP contribution in [-0.2, 0) is 28.4 Å². The lowest BCUT2D eigenvalue weighted by Crippen LogP contribution is -2.07. The van der Waals surface area contributed by atoms with Crippen molar-refractivity contribution < 1.29 is 8.42 Å². The van der Waals surface area contributed by atoms with Crippen molar-refractivity contribution in [2.75, 3.05) is 0 Å². The van der Waals surface area contributed by atoms with Crippen LogP contribution >= 0.6 is 0 Å². The maximum absolute atomic E-state index is 12.9. The molecule has 0 aliphatic heterocycles. The maximum atomic E-state index is 12.9. The van der Waals surface area contributed by atoms with Crippen molar-refractivity contribution in [2.45, 2.75) is 30.4 Å². The summed E-state index contributed by atoms with van der Waals surface area (Å²) in [6.45, 7) is 1.87. The van der Waals surface area contributed by atoms with E-state index in [1.165, 1.54) is 11.1 Å². The van der Waals surface area contributed by atoms with Gasteiger partial charge in [-0.15, -0.1) is 0 Å². The van der Waals surface area contributed by atoms with Crippen LogP contribution in [-0.4, -0.2) is 13.4 Å². The van der Waals surface area contributed by atoms with Gasteiger partial charge in [-0.1, -0.05) is 30.3 Å². The molecule has 1 aliphatic carbocycles. The highest BCUT2D eigenvalue weighted by Gasteiger charge is 2.23. The number of benzene rings is 2. The zero-order valence-corrected chi connectivity index (χ0v) is 13.7. The van der Waals surface area contributed by atoms with Gasteiger partial charge in [-0.25, -0.2) is 8.42 Å². The molecule has 0 saturated heterocycles. The zero-order valence-electron chi connectivity index (χ0n) is 12.9. The Morgan fingerprint density at radius 2 is 1.70 bits per heavy atom. The second kappa shape index (κ2) is 5.17. The van der Waals surface area contributed by atoms with E-state index >= 15 is 0 Å². The van der Waals surface area contributed by atoms with Crippen LogP contribution in [0.2, 0.25) is 0 Å². The first-order valence-corrected chi connectivity index (χ1v) is 9.38. The number of pyridine rings is 1. The second-order valence-corrected chi connectivity index (χ2v) is 8.05. The monoisotopic (exact) mass is 323 g/mol. The van der Waals surface area contributed by atoms with Crippen molar-refractivity contribution in [2.24, 2.45) is 0 Å². The minimum atomic E-state index is -3.42. The number of hydrogen-bond acceptors (Lipinski definition) is 3. The first-order chi connectivity index (χ1) is 11.0. The number of rotatable bonds is 3.